The lowest BCUT2D eigenvalue weighted by molar-refractivity contribution is -0.0109. The molecule has 3 aromatic rings. The van der Waals surface area contributed by atoms with Crippen molar-refractivity contribution < 1.29 is 19.0 Å². The maximum Gasteiger partial charge on any atom is 0.408 e. The molecule has 0 radical (unpaired) electrons. The molecule has 0 saturated heterocycles. The molecule has 0 fully saturated rings. The maximum absolute atomic E-state index is 13.8. The van der Waals surface area contributed by atoms with E-state index in [1.807, 2.05) is 41.5 Å². The lowest BCUT2D eigenvalue weighted by Gasteiger charge is -2.47. The van der Waals surface area contributed by atoms with Crippen molar-refractivity contribution in [1.82, 2.24) is 14.9 Å². The Morgan fingerprint density at radius 2 is 1.88 bits per heavy atom. The summed E-state index contributed by atoms with van der Waals surface area (Å²) in [6.45, 7) is 11.7. The summed E-state index contributed by atoms with van der Waals surface area (Å²) in [4.78, 5) is 22.4. The second-order valence-corrected chi connectivity index (χ2v) is 10.6. The zero-order valence-electron chi connectivity index (χ0n) is 20.4. The molecule has 34 heavy (non-hydrogen) atoms. The number of aromatic nitrogens is 2. The highest BCUT2D eigenvalue weighted by Gasteiger charge is 2.43. The van der Waals surface area contributed by atoms with Crippen molar-refractivity contribution in [2.24, 2.45) is 5.92 Å². The van der Waals surface area contributed by atoms with E-state index in [0.29, 0.717) is 39.4 Å². The average Bonchev–Trinajstić information content (AvgIpc) is 2.70. The molecule has 2 aromatic heterocycles. The van der Waals surface area contributed by atoms with Gasteiger partial charge in [-0.05, 0) is 70.4 Å². The molecule has 182 valence electrons. The first-order valence-corrected chi connectivity index (χ1v) is 11.6. The summed E-state index contributed by atoms with van der Waals surface area (Å²) < 4.78 is 19.9. The number of hydrogen-bond donors (Lipinski definition) is 1. The number of fused-ring (bicyclic) bond motifs is 1. The second-order valence-electron chi connectivity index (χ2n) is 10.2. The first kappa shape index (κ1) is 25.7. The Labute approximate surface area is 204 Å². The number of carbonyl (C=O) groups is 1. The van der Waals surface area contributed by atoms with Gasteiger partial charge in [-0.2, -0.15) is 0 Å². The Morgan fingerprint density at radius 3 is 2.47 bits per heavy atom. The van der Waals surface area contributed by atoms with Gasteiger partial charge in [0.2, 0.25) is 0 Å². The third-order valence-corrected chi connectivity index (χ3v) is 5.88. The zero-order valence-corrected chi connectivity index (χ0v) is 21.2. The van der Waals surface area contributed by atoms with Gasteiger partial charge >= 0.3 is 6.09 Å². The topological polar surface area (TPSA) is 75.6 Å². The van der Waals surface area contributed by atoms with Gasteiger partial charge in [-0.3, -0.25) is 14.9 Å². The third kappa shape index (κ3) is 5.58. The predicted molar refractivity (Wildman–Crippen MR) is 133 cm³/mol. The van der Waals surface area contributed by atoms with Crippen molar-refractivity contribution in [1.29, 1.82) is 0 Å². The van der Waals surface area contributed by atoms with E-state index < -0.39 is 17.2 Å². The second kappa shape index (κ2) is 9.74. The quantitative estimate of drug-likeness (QED) is 0.386. The van der Waals surface area contributed by atoms with Crippen LogP contribution in [0.1, 0.15) is 48.0 Å². The minimum Gasteiger partial charge on any atom is -0.488 e. The molecule has 8 heteroatoms. The average molecular weight is 488 g/mol. The van der Waals surface area contributed by atoms with Crippen LogP contribution in [0.25, 0.3) is 22.2 Å². The van der Waals surface area contributed by atoms with E-state index in [1.165, 1.54) is 23.2 Å². The molecule has 0 spiro atoms. The van der Waals surface area contributed by atoms with Gasteiger partial charge in [-0.15, -0.1) is 0 Å². The van der Waals surface area contributed by atoms with Gasteiger partial charge in [0.25, 0.3) is 0 Å². The van der Waals surface area contributed by atoms with Crippen LogP contribution in [0.3, 0.4) is 0 Å². The number of amides is 1. The number of hydrogen-bond acceptors (Lipinski definition) is 4. The molecule has 3 rings (SSSR count). The summed E-state index contributed by atoms with van der Waals surface area (Å²) >= 11 is 6.54. The van der Waals surface area contributed by atoms with Gasteiger partial charge < -0.3 is 9.84 Å². The summed E-state index contributed by atoms with van der Waals surface area (Å²) in [5.74, 6) is 0.234. The number of nitrogens with zero attached hydrogens (tertiary/aromatic N) is 3. The molecule has 6 nitrogen and oxygen atoms in total. The molecule has 0 aliphatic rings. The van der Waals surface area contributed by atoms with E-state index in [9.17, 15) is 14.3 Å². The minimum atomic E-state index is -1.00. The summed E-state index contributed by atoms with van der Waals surface area (Å²) in [7, 11) is 0. The summed E-state index contributed by atoms with van der Waals surface area (Å²) in [6.07, 6.45) is 2.76. The SMILES string of the molecule is CC(C)CC(C)(COc1cnc(-c2ccnc3ccc(F)cc23)cc1Cl)N(C(=O)O)C(C)(C)C. The molecule has 0 aliphatic heterocycles. The highest BCUT2D eigenvalue weighted by atomic mass is 35.5. The van der Waals surface area contributed by atoms with Crippen LogP contribution in [0.4, 0.5) is 9.18 Å². The molecule has 1 N–H and O–H groups in total. The Hall–Kier alpha value is -2.93. The number of ether oxygens (including phenoxy) is 1. The van der Waals surface area contributed by atoms with Crippen LogP contribution < -0.4 is 4.74 Å². The van der Waals surface area contributed by atoms with Crippen molar-refractivity contribution in [3.8, 4) is 17.0 Å². The Morgan fingerprint density at radius 1 is 1.18 bits per heavy atom. The maximum atomic E-state index is 13.8. The van der Waals surface area contributed by atoms with E-state index in [-0.39, 0.29) is 18.3 Å². The molecule has 0 aliphatic carbocycles. The van der Waals surface area contributed by atoms with Gasteiger partial charge in [0.15, 0.2) is 5.75 Å². The predicted octanol–water partition coefficient (Wildman–Crippen LogP) is 7.05. The number of halogens is 2. The summed E-state index contributed by atoms with van der Waals surface area (Å²) in [6, 6.07) is 7.82. The Kier molecular flexibility index (Phi) is 7.36. The number of benzene rings is 1. The number of carboxylic acid groups (broad SMARTS) is 1. The van der Waals surface area contributed by atoms with Crippen molar-refractivity contribution in [2.45, 2.75) is 59.0 Å². The normalized spacial score (nSPS) is 13.7. The van der Waals surface area contributed by atoms with Gasteiger partial charge in [0.1, 0.15) is 12.4 Å². The van der Waals surface area contributed by atoms with Crippen LogP contribution >= 0.6 is 11.6 Å². The first-order chi connectivity index (χ1) is 15.8. The van der Waals surface area contributed by atoms with Crippen molar-refractivity contribution in [3.63, 3.8) is 0 Å². The van der Waals surface area contributed by atoms with Crippen molar-refractivity contribution in [2.75, 3.05) is 6.61 Å². The third-order valence-electron chi connectivity index (χ3n) is 5.59. The summed E-state index contributed by atoms with van der Waals surface area (Å²) in [5, 5.41) is 10.9. The van der Waals surface area contributed by atoms with Gasteiger partial charge in [0.05, 0.1) is 28.0 Å². The van der Waals surface area contributed by atoms with Crippen LogP contribution in [0.5, 0.6) is 5.75 Å². The van der Waals surface area contributed by atoms with Gasteiger partial charge in [0, 0.05) is 22.7 Å². The minimum absolute atomic E-state index is 0.110. The molecule has 1 atom stereocenters. The molecule has 1 aromatic carbocycles. The first-order valence-electron chi connectivity index (χ1n) is 11.2. The van der Waals surface area contributed by atoms with Crippen molar-refractivity contribution in [3.05, 3.63) is 53.6 Å². The van der Waals surface area contributed by atoms with Crippen LogP contribution in [-0.2, 0) is 0 Å². The molecule has 1 amide bonds. The number of pyridine rings is 2. The van der Waals surface area contributed by atoms with E-state index >= 15 is 0 Å². The fourth-order valence-corrected chi connectivity index (χ4v) is 4.88. The van der Waals surface area contributed by atoms with E-state index in [1.54, 1.807) is 24.4 Å². The van der Waals surface area contributed by atoms with Crippen molar-refractivity contribution >= 4 is 28.6 Å². The van der Waals surface area contributed by atoms with E-state index in [0.717, 1.165) is 0 Å². The lowest BCUT2D eigenvalue weighted by Crippen LogP contribution is -2.61. The molecule has 0 bridgehead atoms. The van der Waals surface area contributed by atoms with Crippen LogP contribution in [0.15, 0.2) is 42.7 Å². The molecular formula is C26H31ClFN3O3. The fourth-order valence-electron chi connectivity index (χ4n) is 4.67. The largest absolute Gasteiger partial charge is 0.488 e. The highest BCUT2D eigenvalue weighted by Crippen LogP contribution is 2.35. The van der Waals surface area contributed by atoms with E-state index in [2.05, 4.69) is 9.97 Å². The van der Waals surface area contributed by atoms with Crippen LogP contribution in [0.2, 0.25) is 5.02 Å². The van der Waals surface area contributed by atoms with Gasteiger partial charge in [-0.25, -0.2) is 9.18 Å². The summed E-state index contributed by atoms with van der Waals surface area (Å²) in [5.41, 5.74) is 0.494. The Bertz CT molecular complexity index is 1200. The highest BCUT2D eigenvalue weighted by molar-refractivity contribution is 6.32. The monoisotopic (exact) mass is 487 g/mol. The molecule has 1 unspecified atom stereocenters. The van der Waals surface area contributed by atoms with E-state index in [4.69, 9.17) is 16.3 Å². The van der Waals surface area contributed by atoms with Crippen LogP contribution in [0, 0.1) is 11.7 Å². The Balaban J connectivity index is 1.92. The molecule has 2 heterocycles. The van der Waals surface area contributed by atoms with Crippen LogP contribution in [-0.4, -0.2) is 43.8 Å². The lowest BCUT2D eigenvalue weighted by atomic mass is 9.86. The fraction of sp³-hybridized carbons (Fsp3) is 0.423. The molecule has 0 saturated carbocycles. The van der Waals surface area contributed by atoms with Gasteiger partial charge in [-0.1, -0.05) is 25.4 Å². The standard InChI is InChI=1S/C26H31ClFN3O3/c1-16(2)13-26(6,31(24(32)33)25(3,4)5)15-34-23-14-30-22(12-20(23)27)18-9-10-29-21-8-7-17(28)11-19(18)21/h7-12,14,16H,13,15H2,1-6H3,(H,32,33). The molecular weight excluding hydrogens is 457 g/mol. The smallest absolute Gasteiger partial charge is 0.408 e. The zero-order chi connectivity index (χ0) is 25.3. The number of rotatable bonds is 7.